The molecular weight excluding hydrogens is 210 g/mol. The lowest BCUT2D eigenvalue weighted by molar-refractivity contribution is 0.0480. The maximum Gasteiger partial charge on any atom is 0.0872 e. The normalized spacial score (nSPS) is 14.2. The standard InChI is InChI=1S/C15H17NO/c1-15(17,14-8-11-16-12-9-14)10-7-13-5-3-2-4-6-13/h2-6,8-9,11-12,17H,7,10H2,1H3. The van der Waals surface area contributed by atoms with Crippen LogP contribution in [0.3, 0.4) is 0 Å². The summed E-state index contributed by atoms with van der Waals surface area (Å²) in [7, 11) is 0. The van der Waals surface area contributed by atoms with Crippen molar-refractivity contribution < 1.29 is 5.11 Å². The van der Waals surface area contributed by atoms with Crippen molar-refractivity contribution in [1.29, 1.82) is 0 Å². The van der Waals surface area contributed by atoms with Crippen molar-refractivity contribution in [3.05, 3.63) is 66.0 Å². The van der Waals surface area contributed by atoms with Gasteiger partial charge in [0.15, 0.2) is 0 Å². The Bertz CT molecular complexity index is 451. The number of hydrogen-bond donors (Lipinski definition) is 1. The number of aromatic nitrogens is 1. The van der Waals surface area contributed by atoms with Gasteiger partial charge in [-0.05, 0) is 43.0 Å². The Morgan fingerprint density at radius 3 is 2.35 bits per heavy atom. The summed E-state index contributed by atoms with van der Waals surface area (Å²) in [4.78, 5) is 3.97. The molecule has 88 valence electrons. The molecule has 1 aromatic heterocycles. The molecule has 1 unspecified atom stereocenters. The van der Waals surface area contributed by atoms with Crippen LogP contribution in [0.5, 0.6) is 0 Å². The second-order valence-corrected chi connectivity index (χ2v) is 4.50. The molecule has 0 amide bonds. The highest BCUT2D eigenvalue weighted by atomic mass is 16.3. The average molecular weight is 227 g/mol. The van der Waals surface area contributed by atoms with Crippen molar-refractivity contribution in [3.63, 3.8) is 0 Å². The van der Waals surface area contributed by atoms with Gasteiger partial charge in [-0.25, -0.2) is 0 Å². The van der Waals surface area contributed by atoms with E-state index < -0.39 is 5.60 Å². The molecule has 0 bridgehead atoms. The molecular formula is C15H17NO. The zero-order valence-corrected chi connectivity index (χ0v) is 10.0. The maximum absolute atomic E-state index is 10.4. The van der Waals surface area contributed by atoms with Gasteiger partial charge in [-0.3, -0.25) is 4.98 Å². The van der Waals surface area contributed by atoms with Crippen LogP contribution in [-0.2, 0) is 12.0 Å². The third-order valence-electron chi connectivity index (χ3n) is 3.05. The maximum atomic E-state index is 10.4. The van der Waals surface area contributed by atoms with E-state index in [4.69, 9.17) is 0 Å². The van der Waals surface area contributed by atoms with Gasteiger partial charge in [-0.1, -0.05) is 30.3 Å². The van der Waals surface area contributed by atoms with Gasteiger partial charge in [0.25, 0.3) is 0 Å². The van der Waals surface area contributed by atoms with Crippen molar-refractivity contribution in [2.75, 3.05) is 0 Å². The molecule has 2 heteroatoms. The SMILES string of the molecule is CC(O)(CCc1ccccc1)c1ccncc1. The summed E-state index contributed by atoms with van der Waals surface area (Å²) in [5, 5.41) is 10.4. The largest absolute Gasteiger partial charge is 0.385 e. The molecule has 2 nitrogen and oxygen atoms in total. The molecule has 1 atom stereocenters. The summed E-state index contributed by atoms with van der Waals surface area (Å²) in [6.07, 6.45) is 5.01. The number of aliphatic hydroxyl groups is 1. The summed E-state index contributed by atoms with van der Waals surface area (Å²) in [5.41, 5.74) is 1.38. The Kier molecular flexibility index (Phi) is 3.55. The molecule has 0 fully saturated rings. The van der Waals surface area contributed by atoms with E-state index in [1.807, 2.05) is 37.3 Å². The van der Waals surface area contributed by atoms with Crippen LogP contribution in [0.2, 0.25) is 0 Å². The van der Waals surface area contributed by atoms with Crippen LogP contribution in [0.4, 0.5) is 0 Å². The third kappa shape index (κ3) is 3.14. The average Bonchev–Trinajstić information content (AvgIpc) is 2.39. The Morgan fingerprint density at radius 2 is 1.71 bits per heavy atom. The van der Waals surface area contributed by atoms with Crippen LogP contribution in [0, 0.1) is 0 Å². The first-order valence-corrected chi connectivity index (χ1v) is 5.85. The van der Waals surface area contributed by atoms with Crippen LogP contribution in [0.15, 0.2) is 54.9 Å². The van der Waals surface area contributed by atoms with Gasteiger partial charge in [0.1, 0.15) is 0 Å². The van der Waals surface area contributed by atoms with E-state index in [0.29, 0.717) is 6.42 Å². The van der Waals surface area contributed by atoms with Crippen molar-refractivity contribution in [2.45, 2.75) is 25.4 Å². The van der Waals surface area contributed by atoms with Crippen molar-refractivity contribution >= 4 is 0 Å². The van der Waals surface area contributed by atoms with Crippen molar-refractivity contribution in [2.24, 2.45) is 0 Å². The van der Waals surface area contributed by atoms with Crippen LogP contribution in [-0.4, -0.2) is 10.1 Å². The molecule has 1 heterocycles. The molecule has 1 N–H and O–H groups in total. The van der Waals surface area contributed by atoms with E-state index >= 15 is 0 Å². The minimum absolute atomic E-state index is 0.709. The minimum atomic E-state index is -0.793. The molecule has 0 spiro atoms. The molecule has 1 aromatic carbocycles. The highest BCUT2D eigenvalue weighted by Crippen LogP contribution is 2.25. The second-order valence-electron chi connectivity index (χ2n) is 4.50. The quantitative estimate of drug-likeness (QED) is 0.871. The molecule has 2 rings (SSSR count). The first kappa shape index (κ1) is 11.8. The first-order chi connectivity index (χ1) is 8.18. The Hall–Kier alpha value is -1.67. The second kappa shape index (κ2) is 5.11. The molecule has 0 aliphatic heterocycles. The summed E-state index contributed by atoms with van der Waals surface area (Å²) >= 11 is 0. The fourth-order valence-corrected chi connectivity index (χ4v) is 1.89. The lowest BCUT2D eigenvalue weighted by Crippen LogP contribution is -2.21. The van der Waals surface area contributed by atoms with E-state index in [9.17, 15) is 5.11 Å². The van der Waals surface area contributed by atoms with E-state index in [1.54, 1.807) is 12.4 Å². The topological polar surface area (TPSA) is 33.1 Å². The number of rotatable bonds is 4. The Morgan fingerprint density at radius 1 is 1.06 bits per heavy atom. The molecule has 2 aromatic rings. The van der Waals surface area contributed by atoms with Gasteiger partial charge < -0.3 is 5.11 Å². The molecule has 0 saturated carbocycles. The lowest BCUT2D eigenvalue weighted by Gasteiger charge is -2.23. The van der Waals surface area contributed by atoms with Gasteiger partial charge in [0.2, 0.25) is 0 Å². The first-order valence-electron chi connectivity index (χ1n) is 5.85. The summed E-state index contributed by atoms with van der Waals surface area (Å²) in [6, 6.07) is 14.0. The van der Waals surface area contributed by atoms with E-state index in [1.165, 1.54) is 5.56 Å². The summed E-state index contributed by atoms with van der Waals surface area (Å²) in [6.45, 7) is 1.85. The van der Waals surface area contributed by atoms with Gasteiger partial charge in [0.05, 0.1) is 5.60 Å². The van der Waals surface area contributed by atoms with Gasteiger partial charge in [-0.2, -0.15) is 0 Å². The van der Waals surface area contributed by atoms with E-state index in [2.05, 4.69) is 17.1 Å². The Balaban J connectivity index is 2.03. The van der Waals surface area contributed by atoms with Crippen LogP contribution < -0.4 is 0 Å². The number of nitrogens with zero attached hydrogens (tertiary/aromatic N) is 1. The number of benzene rings is 1. The van der Waals surface area contributed by atoms with Crippen molar-refractivity contribution in [1.82, 2.24) is 4.98 Å². The van der Waals surface area contributed by atoms with E-state index in [-0.39, 0.29) is 0 Å². The number of pyridine rings is 1. The van der Waals surface area contributed by atoms with Crippen molar-refractivity contribution in [3.8, 4) is 0 Å². The van der Waals surface area contributed by atoms with Crippen LogP contribution in [0.25, 0.3) is 0 Å². The lowest BCUT2D eigenvalue weighted by atomic mass is 9.90. The zero-order valence-electron chi connectivity index (χ0n) is 10.0. The fourth-order valence-electron chi connectivity index (χ4n) is 1.89. The highest BCUT2D eigenvalue weighted by Gasteiger charge is 2.22. The van der Waals surface area contributed by atoms with Gasteiger partial charge in [-0.15, -0.1) is 0 Å². The highest BCUT2D eigenvalue weighted by molar-refractivity contribution is 5.20. The fraction of sp³-hybridized carbons (Fsp3) is 0.267. The predicted octanol–water partition coefficient (Wildman–Crippen LogP) is 2.92. The van der Waals surface area contributed by atoms with Crippen LogP contribution in [0.1, 0.15) is 24.5 Å². The molecule has 17 heavy (non-hydrogen) atoms. The molecule has 0 saturated heterocycles. The van der Waals surface area contributed by atoms with Gasteiger partial charge in [0, 0.05) is 12.4 Å². The number of hydrogen-bond acceptors (Lipinski definition) is 2. The monoisotopic (exact) mass is 227 g/mol. The third-order valence-corrected chi connectivity index (χ3v) is 3.05. The number of aryl methyl sites for hydroxylation is 1. The van der Waals surface area contributed by atoms with E-state index in [0.717, 1.165) is 12.0 Å². The zero-order chi connectivity index (χ0) is 12.1. The summed E-state index contributed by atoms with van der Waals surface area (Å²) in [5.74, 6) is 0. The summed E-state index contributed by atoms with van der Waals surface area (Å²) < 4.78 is 0. The molecule has 0 aliphatic carbocycles. The minimum Gasteiger partial charge on any atom is -0.385 e. The molecule has 0 radical (unpaired) electrons. The van der Waals surface area contributed by atoms with Crippen LogP contribution >= 0.6 is 0 Å². The predicted molar refractivity (Wildman–Crippen MR) is 68.6 cm³/mol. The van der Waals surface area contributed by atoms with Gasteiger partial charge >= 0.3 is 0 Å². The molecule has 0 aliphatic rings. The smallest absolute Gasteiger partial charge is 0.0872 e. The Labute approximate surface area is 102 Å².